The van der Waals surface area contributed by atoms with E-state index in [0.29, 0.717) is 5.69 Å². The molecule has 180 valence electrons. The number of carboxylic acids is 1. The number of nitrogens with zero attached hydrogens (tertiary/aromatic N) is 2. The van der Waals surface area contributed by atoms with Crippen LogP contribution in [0.2, 0.25) is 0 Å². The number of imidazole rings is 1. The lowest BCUT2D eigenvalue weighted by atomic mass is 10.0. The van der Waals surface area contributed by atoms with Crippen LogP contribution in [0.25, 0.3) is 28.7 Å². The van der Waals surface area contributed by atoms with Crippen LogP contribution in [0, 0.1) is 5.82 Å². The van der Waals surface area contributed by atoms with Crippen LogP contribution in [0.4, 0.5) is 10.1 Å². The molecule has 1 heterocycles. The van der Waals surface area contributed by atoms with Crippen molar-refractivity contribution in [3.8, 4) is 22.5 Å². The maximum Gasteiger partial charge on any atom is 0.305 e. The fraction of sp³-hybridized carbons (Fsp3) is 0.308. The highest BCUT2D eigenvalue weighted by molar-refractivity contribution is 5.82. The summed E-state index contributed by atoms with van der Waals surface area (Å²) in [6, 6.07) is 13.9. The van der Waals surface area contributed by atoms with Crippen molar-refractivity contribution in [1.82, 2.24) is 9.55 Å². The van der Waals surface area contributed by atoms with Crippen molar-refractivity contribution in [1.29, 1.82) is 0 Å². The normalized spacial score (nSPS) is 13.4. The number of aliphatic hydroxyl groups excluding tert-OH is 2. The SMILES string of the molecule is CNc1cccc(-c2nc(C(C)C)n(/C=C/C(O)CC(O)CC(=O)O)c2-c2ccc(F)cc2)c1. The first kappa shape index (κ1) is 25.1. The number of halogens is 1. The maximum absolute atomic E-state index is 13.7. The Kier molecular flexibility index (Phi) is 8.20. The van der Waals surface area contributed by atoms with Gasteiger partial charge in [-0.05, 0) is 42.5 Å². The van der Waals surface area contributed by atoms with Crippen molar-refractivity contribution in [3.05, 3.63) is 66.2 Å². The van der Waals surface area contributed by atoms with Gasteiger partial charge in [0.2, 0.25) is 0 Å². The van der Waals surface area contributed by atoms with Crippen molar-refractivity contribution in [2.45, 2.75) is 44.8 Å². The molecule has 0 fully saturated rings. The van der Waals surface area contributed by atoms with Crippen molar-refractivity contribution >= 4 is 17.9 Å². The summed E-state index contributed by atoms with van der Waals surface area (Å²) in [5.41, 5.74) is 3.97. The first-order valence-corrected chi connectivity index (χ1v) is 11.1. The second-order valence-corrected chi connectivity index (χ2v) is 8.43. The molecule has 2 atom stereocenters. The number of anilines is 1. The van der Waals surface area contributed by atoms with Gasteiger partial charge in [-0.3, -0.25) is 4.79 Å². The number of nitrogens with one attached hydrogen (secondary N) is 1. The molecule has 3 aromatic rings. The van der Waals surface area contributed by atoms with E-state index in [4.69, 9.17) is 10.1 Å². The summed E-state index contributed by atoms with van der Waals surface area (Å²) >= 11 is 0. The first-order chi connectivity index (χ1) is 16.2. The third-order valence-corrected chi connectivity index (χ3v) is 5.38. The molecule has 0 bridgehead atoms. The molecule has 0 amide bonds. The van der Waals surface area contributed by atoms with Gasteiger partial charge in [0.15, 0.2) is 0 Å². The highest BCUT2D eigenvalue weighted by Gasteiger charge is 2.21. The summed E-state index contributed by atoms with van der Waals surface area (Å²) in [6.07, 6.45) is 0.386. The van der Waals surface area contributed by atoms with Gasteiger partial charge in [0.25, 0.3) is 0 Å². The van der Waals surface area contributed by atoms with Crippen LogP contribution in [-0.4, -0.2) is 50.1 Å². The third-order valence-electron chi connectivity index (χ3n) is 5.38. The van der Waals surface area contributed by atoms with E-state index in [2.05, 4.69) is 5.32 Å². The molecule has 0 saturated carbocycles. The Hall–Kier alpha value is -3.49. The smallest absolute Gasteiger partial charge is 0.305 e. The van der Waals surface area contributed by atoms with Gasteiger partial charge in [0.1, 0.15) is 11.6 Å². The van der Waals surface area contributed by atoms with E-state index >= 15 is 0 Å². The maximum atomic E-state index is 13.7. The minimum atomic E-state index is -1.17. The van der Waals surface area contributed by atoms with Crippen molar-refractivity contribution in [2.24, 2.45) is 0 Å². The highest BCUT2D eigenvalue weighted by Crippen LogP contribution is 2.36. The Morgan fingerprint density at radius 3 is 2.47 bits per heavy atom. The fourth-order valence-electron chi connectivity index (χ4n) is 3.74. The van der Waals surface area contributed by atoms with Crippen molar-refractivity contribution in [2.75, 3.05) is 12.4 Å². The average Bonchev–Trinajstić information content (AvgIpc) is 3.17. The minimum absolute atomic E-state index is 0.0276. The number of carboxylic acid groups (broad SMARTS) is 1. The molecule has 34 heavy (non-hydrogen) atoms. The molecule has 7 nitrogen and oxygen atoms in total. The van der Waals surface area contributed by atoms with Gasteiger partial charge in [0.05, 0.1) is 30.0 Å². The van der Waals surface area contributed by atoms with Crippen LogP contribution in [0.3, 0.4) is 0 Å². The number of hydrogen-bond donors (Lipinski definition) is 4. The number of carbonyl (C=O) groups is 1. The number of rotatable bonds is 10. The molecule has 1 aromatic heterocycles. The summed E-state index contributed by atoms with van der Waals surface area (Å²) in [6.45, 7) is 4.00. The largest absolute Gasteiger partial charge is 0.481 e. The number of aliphatic hydroxyl groups is 2. The number of aliphatic carboxylic acids is 1. The van der Waals surface area contributed by atoms with Gasteiger partial charge in [-0.1, -0.05) is 26.0 Å². The standard InChI is InChI=1S/C26H30FN3O4/c1-16(2)26-29-24(18-5-4-6-20(13-18)28-3)25(17-7-9-19(27)10-8-17)30(26)12-11-21(31)14-22(32)15-23(33)34/h4-13,16,21-22,28,31-32H,14-15H2,1-3H3,(H,33,34)/b12-11+. The van der Waals surface area contributed by atoms with Crippen LogP contribution in [0.5, 0.6) is 0 Å². The van der Waals surface area contributed by atoms with E-state index in [1.165, 1.54) is 18.2 Å². The van der Waals surface area contributed by atoms with Gasteiger partial charge in [-0.25, -0.2) is 9.37 Å². The molecule has 0 aliphatic rings. The number of aromatic nitrogens is 2. The second kappa shape index (κ2) is 11.1. The molecular weight excluding hydrogens is 437 g/mol. The molecule has 4 N–H and O–H groups in total. The first-order valence-electron chi connectivity index (χ1n) is 11.1. The van der Waals surface area contributed by atoms with Gasteiger partial charge in [0, 0.05) is 42.4 Å². The van der Waals surface area contributed by atoms with Crippen molar-refractivity contribution in [3.63, 3.8) is 0 Å². The zero-order valence-corrected chi connectivity index (χ0v) is 19.4. The minimum Gasteiger partial charge on any atom is -0.481 e. The predicted molar refractivity (Wildman–Crippen MR) is 131 cm³/mol. The van der Waals surface area contributed by atoms with Gasteiger partial charge in [-0.2, -0.15) is 0 Å². The summed E-state index contributed by atoms with van der Waals surface area (Å²) in [5.74, 6) is -0.720. The Morgan fingerprint density at radius 1 is 1.15 bits per heavy atom. The quantitative estimate of drug-likeness (QED) is 0.348. The second-order valence-electron chi connectivity index (χ2n) is 8.43. The van der Waals surface area contributed by atoms with Crippen LogP contribution < -0.4 is 5.32 Å². The molecule has 8 heteroatoms. The van der Waals surface area contributed by atoms with Gasteiger partial charge in [-0.15, -0.1) is 0 Å². The molecule has 0 saturated heterocycles. The molecule has 0 spiro atoms. The summed E-state index contributed by atoms with van der Waals surface area (Å²) in [5, 5.41) is 32.2. The molecule has 0 radical (unpaired) electrons. The third kappa shape index (κ3) is 6.09. The van der Waals surface area contributed by atoms with Crippen LogP contribution in [0.1, 0.15) is 38.4 Å². The van der Waals surface area contributed by atoms with E-state index in [1.807, 2.05) is 49.7 Å². The average molecular weight is 468 g/mol. The fourth-order valence-corrected chi connectivity index (χ4v) is 3.74. The van der Waals surface area contributed by atoms with E-state index in [0.717, 1.165) is 28.3 Å². The van der Waals surface area contributed by atoms with Crippen molar-refractivity contribution < 1.29 is 24.5 Å². The molecule has 2 unspecified atom stereocenters. The Morgan fingerprint density at radius 2 is 1.85 bits per heavy atom. The topological polar surface area (TPSA) is 108 Å². The molecular formula is C26H30FN3O4. The Balaban J connectivity index is 2.12. The lowest BCUT2D eigenvalue weighted by Gasteiger charge is -2.13. The highest BCUT2D eigenvalue weighted by atomic mass is 19.1. The van der Waals surface area contributed by atoms with Gasteiger partial charge < -0.3 is 25.2 Å². The van der Waals surface area contributed by atoms with Crippen LogP contribution >= 0.6 is 0 Å². The summed E-state index contributed by atoms with van der Waals surface area (Å²) in [7, 11) is 1.83. The summed E-state index contributed by atoms with van der Waals surface area (Å²) in [4.78, 5) is 15.7. The van der Waals surface area contributed by atoms with E-state index < -0.39 is 24.6 Å². The monoisotopic (exact) mass is 467 g/mol. The van der Waals surface area contributed by atoms with Crippen LogP contribution in [0.15, 0.2) is 54.6 Å². The zero-order valence-electron chi connectivity index (χ0n) is 19.4. The number of hydrogen-bond acceptors (Lipinski definition) is 5. The Bertz CT molecular complexity index is 1160. The lowest BCUT2D eigenvalue weighted by Crippen LogP contribution is -2.19. The van der Waals surface area contributed by atoms with Crippen LogP contribution in [-0.2, 0) is 4.79 Å². The number of benzene rings is 2. The van der Waals surface area contributed by atoms with E-state index in [-0.39, 0.29) is 18.2 Å². The molecule has 0 aliphatic carbocycles. The van der Waals surface area contributed by atoms with E-state index in [1.54, 1.807) is 18.3 Å². The predicted octanol–water partition coefficient (Wildman–Crippen LogP) is 4.58. The molecule has 0 aliphatic heterocycles. The summed E-state index contributed by atoms with van der Waals surface area (Å²) < 4.78 is 15.5. The lowest BCUT2D eigenvalue weighted by molar-refractivity contribution is -0.139. The molecule has 2 aromatic carbocycles. The van der Waals surface area contributed by atoms with Gasteiger partial charge >= 0.3 is 5.97 Å². The Labute approximate surface area is 198 Å². The molecule has 3 rings (SSSR count). The van der Waals surface area contributed by atoms with E-state index in [9.17, 15) is 19.4 Å². The zero-order chi connectivity index (χ0) is 24.8.